The molecule has 0 radical (unpaired) electrons. The third-order valence-electron chi connectivity index (χ3n) is 3.10. The van der Waals surface area contributed by atoms with Gasteiger partial charge in [-0.05, 0) is 39.7 Å². The van der Waals surface area contributed by atoms with E-state index in [9.17, 15) is 19.1 Å². The molecule has 7 heteroatoms. The number of halogens is 3. The Bertz CT molecular complexity index is 787. The Morgan fingerprint density at radius 2 is 2.00 bits per heavy atom. The molecule has 1 aromatic heterocycles. The summed E-state index contributed by atoms with van der Waals surface area (Å²) in [5, 5.41) is 9.26. The first-order chi connectivity index (χ1) is 9.81. The summed E-state index contributed by atoms with van der Waals surface area (Å²) in [6.45, 7) is 0. The highest BCUT2D eigenvalue weighted by Gasteiger charge is 2.18. The average molecular weight is 419 g/mol. The minimum atomic E-state index is -1.17. The van der Waals surface area contributed by atoms with Crippen LogP contribution in [0.2, 0.25) is 0 Å². The fourth-order valence-electron chi connectivity index (χ4n) is 1.98. The molecule has 0 saturated heterocycles. The van der Waals surface area contributed by atoms with Crippen molar-refractivity contribution in [3.05, 3.63) is 66.2 Å². The SMILES string of the molecule is Cn1c(Cc2ccc(Br)cc2F)c(C(=O)O)cc(Br)c1=O. The Balaban J connectivity index is 2.60. The van der Waals surface area contributed by atoms with E-state index in [0.29, 0.717) is 10.0 Å². The topological polar surface area (TPSA) is 59.3 Å². The second kappa shape index (κ2) is 6.11. The average Bonchev–Trinajstić information content (AvgIpc) is 2.41. The van der Waals surface area contributed by atoms with Gasteiger partial charge in [-0.15, -0.1) is 0 Å². The van der Waals surface area contributed by atoms with Gasteiger partial charge in [0.25, 0.3) is 5.56 Å². The Morgan fingerprint density at radius 3 is 2.57 bits per heavy atom. The number of hydrogen-bond donors (Lipinski definition) is 1. The van der Waals surface area contributed by atoms with E-state index in [0.717, 1.165) is 0 Å². The van der Waals surface area contributed by atoms with Gasteiger partial charge in [-0.25, -0.2) is 9.18 Å². The van der Waals surface area contributed by atoms with Crippen LogP contribution in [-0.2, 0) is 13.5 Å². The van der Waals surface area contributed by atoms with E-state index in [2.05, 4.69) is 31.9 Å². The number of carboxylic acid groups (broad SMARTS) is 1. The predicted octanol–water partition coefficient (Wildman–Crippen LogP) is 3.34. The lowest BCUT2D eigenvalue weighted by molar-refractivity contribution is 0.0694. The van der Waals surface area contributed by atoms with Gasteiger partial charge in [0.15, 0.2) is 0 Å². The van der Waals surface area contributed by atoms with E-state index < -0.39 is 11.8 Å². The maximum absolute atomic E-state index is 13.9. The Kier molecular flexibility index (Phi) is 4.63. The molecule has 1 aromatic carbocycles. The largest absolute Gasteiger partial charge is 0.478 e. The van der Waals surface area contributed by atoms with Gasteiger partial charge in [-0.2, -0.15) is 0 Å². The highest BCUT2D eigenvalue weighted by atomic mass is 79.9. The zero-order valence-corrected chi connectivity index (χ0v) is 14.0. The van der Waals surface area contributed by atoms with Crippen molar-refractivity contribution in [3.63, 3.8) is 0 Å². The van der Waals surface area contributed by atoms with Crippen LogP contribution in [0.4, 0.5) is 4.39 Å². The summed E-state index contributed by atoms with van der Waals surface area (Å²) in [6, 6.07) is 5.76. The van der Waals surface area contributed by atoms with E-state index in [1.165, 1.54) is 23.7 Å². The smallest absolute Gasteiger partial charge is 0.337 e. The number of carbonyl (C=O) groups is 1. The van der Waals surface area contributed by atoms with Crippen LogP contribution in [0.3, 0.4) is 0 Å². The van der Waals surface area contributed by atoms with Gasteiger partial charge in [0.05, 0.1) is 10.0 Å². The van der Waals surface area contributed by atoms with Crippen molar-refractivity contribution in [1.29, 1.82) is 0 Å². The van der Waals surface area contributed by atoms with Crippen LogP contribution in [0.1, 0.15) is 21.6 Å². The lowest BCUT2D eigenvalue weighted by Gasteiger charge is -2.13. The van der Waals surface area contributed by atoms with Gasteiger partial charge >= 0.3 is 5.97 Å². The third kappa shape index (κ3) is 3.24. The van der Waals surface area contributed by atoms with Gasteiger partial charge in [0.1, 0.15) is 5.82 Å². The number of aromatic nitrogens is 1. The number of rotatable bonds is 3. The van der Waals surface area contributed by atoms with Crippen LogP contribution < -0.4 is 5.56 Å². The second-order valence-corrected chi connectivity index (χ2v) is 6.20. The third-order valence-corrected chi connectivity index (χ3v) is 4.16. The number of hydrogen-bond acceptors (Lipinski definition) is 2. The van der Waals surface area contributed by atoms with Gasteiger partial charge in [0.2, 0.25) is 0 Å². The Labute approximate surface area is 136 Å². The molecule has 2 rings (SSSR count). The van der Waals surface area contributed by atoms with Crippen LogP contribution >= 0.6 is 31.9 Å². The van der Waals surface area contributed by atoms with Crippen LogP contribution in [0.25, 0.3) is 0 Å². The standard InChI is InChI=1S/C14H10Br2FNO3/c1-18-12(4-7-2-3-8(15)5-11(7)17)9(14(20)21)6-10(16)13(18)19/h2-3,5-6H,4H2,1H3,(H,20,21). The second-order valence-electron chi connectivity index (χ2n) is 4.43. The van der Waals surface area contributed by atoms with E-state index in [1.807, 2.05) is 0 Å². The molecule has 0 spiro atoms. The van der Waals surface area contributed by atoms with Gasteiger partial charge in [-0.3, -0.25) is 4.79 Å². The molecule has 0 amide bonds. The minimum Gasteiger partial charge on any atom is -0.478 e. The van der Waals surface area contributed by atoms with Gasteiger partial charge in [-0.1, -0.05) is 22.0 Å². The van der Waals surface area contributed by atoms with Crippen LogP contribution in [0.15, 0.2) is 38.0 Å². The molecular weight excluding hydrogens is 409 g/mol. The first-order valence-electron chi connectivity index (χ1n) is 5.87. The number of aromatic carboxylic acids is 1. The highest BCUT2D eigenvalue weighted by Crippen LogP contribution is 2.21. The first kappa shape index (κ1) is 15.9. The van der Waals surface area contributed by atoms with Crippen LogP contribution in [0.5, 0.6) is 0 Å². The molecule has 4 nitrogen and oxygen atoms in total. The summed E-state index contributed by atoms with van der Waals surface area (Å²) >= 11 is 6.19. The molecule has 0 fully saturated rings. The van der Waals surface area contributed by atoms with Crippen molar-refractivity contribution in [3.8, 4) is 0 Å². The van der Waals surface area contributed by atoms with E-state index in [1.54, 1.807) is 12.1 Å². The van der Waals surface area contributed by atoms with Crippen molar-refractivity contribution in [1.82, 2.24) is 4.57 Å². The van der Waals surface area contributed by atoms with Crippen molar-refractivity contribution in [2.24, 2.45) is 7.05 Å². The molecule has 0 aliphatic carbocycles. The zero-order chi connectivity index (χ0) is 15.7. The zero-order valence-electron chi connectivity index (χ0n) is 10.9. The fourth-order valence-corrected chi connectivity index (χ4v) is 2.81. The molecule has 110 valence electrons. The highest BCUT2D eigenvalue weighted by molar-refractivity contribution is 9.10. The molecule has 1 heterocycles. The summed E-state index contributed by atoms with van der Waals surface area (Å²) in [4.78, 5) is 23.2. The fraction of sp³-hybridized carbons (Fsp3) is 0.143. The molecule has 0 unspecified atom stereocenters. The number of carboxylic acids is 1. The van der Waals surface area contributed by atoms with Gasteiger partial charge < -0.3 is 9.67 Å². The molecule has 0 aliphatic heterocycles. The molecule has 0 atom stereocenters. The summed E-state index contributed by atoms with van der Waals surface area (Å²) < 4.78 is 15.9. The van der Waals surface area contributed by atoms with Crippen molar-refractivity contribution >= 4 is 37.8 Å². The number of benzene rings is 1. The number of pyridine rings is 1. The van der Waals surface area contributed by atoms with Crippen molar-refractivity contribution in [2.45, 2.75) is 6.42 Å². The predicted molar refractivity (Wildman–Crippen MR) is 83.2 cm³/mol. The lowest BCUT2D eigenvalue weighted by atomic mass is 10.0. The molecule has 0 aliphatic rings. The maximum atomic E-state index is 13.9. The number of nitrogens with zero attached hydrogens (tertiary/aromatic N) is 1. The van der Waals surface area contributed by atoms with Crippen LogP contribution in [-0.4, -0.2) is 15.6 Å². The first-order valence-corrected chi connectivity index (χ1v) is 7.45. The van der Waals surface area contributed by atoms with Gasteiger partial charge in [0, 0.05) is 23.6 Å². The Hall–Kier alpha value is -1.47. The molecule has 0 bridgehead atoms. The Morgan fingerprint density at radius 1 is 1.33 bits per heavy atom. The summed E-state index contributed by atoms with van der Waals surface area (Å²) in [6.07, 6.45) is 0.0137. The van der Waals surface area contributed by atoms with Crippen molar-refractivity contribution in [2.75, 3.05) is 0 Å². The monoisotopic (exact) mass is 417 g/mol. The molecular formula is C14H10Br2FNO3. The minimum absolute atomic E-state index is 0.0137. The maximum Gasteiger partial charge on any atom is 0.337 e. The van der Waals surface area contributed by atoms with E-state index in [4.69, 9.17) is 0 Å². The summed E-state index contributed by atoms with van der Waals surface area (Å²) in [5.74, 6) is -1.63. The lowest BCUT2D eigenvalue weighted by Crippen LogP contribution is -2.24. The molecule has 1 N–H and O–H groups in total. The summed E-state index contributed by atoms with van der Waals surface area (Å²) in [7, 11) is 1.46. The molecule has 21 heavy (non-hydrogen) atoms. The van der Waals surface area contributed by atoms with E-state index >= 15 is 0 Å². The molecule has 2 aromatic rings. The quantitative estimate of drug-likeness (QED) is 0.831. The van der Waals surface area contributed by atoms with Crippen molar-refractivity contribution < 1.29 is 14.3 Å². The van der Waals surface area contributed by atoms with E-state index in [-0.39, 0.29) is 27.7 Å². The summed E-state index contributed by atoms with van der Waals surface area (Å²) in [5.41, 5.74) is 0.161. The van der Waals surface area contributed by atoms with Crippen LogP contribution in [0, 0.1) is 5.82 Å². The normalized spacial score (nSPS) is 10.7. The molecule has 0 saturated carbocycles.